The Morgan fingerprint density at radius 3 is 2.28 bits per heavy atom. The largest absolute Gasteiger partial charge is 0.456 e. The number of fused-ring (bicyclic) bond motifs is 9. The van der Waals surface area contributed by atoms with Crippen molar-refractivity contribution >= 4 is 65.6 Å². The Morgan fingerprint density at radius 1 is 0.538 bits per heavy atom. The lowest BCUT2D eigenvalue weighted by Gasteiger charge is -2.11. The molecule has 0 spiro atoms. The first-order valence-corrected chi connectivity index (χ1v) is 13.1. The molecule has 0 bridgehead atoms. The van der Waals surface area contributed by atoms with E-state index in [1.54, 1.807) is 0 Å². The highest BCUT2D eigenvalue weighted by atomic mass is 16.3. The maximum absolute atomic E-state index is 6.46. The van der Waals surface area contributed by atoms with Crippen LogP contribution in [0.1, 0.15) is 0 Å². The van der Waals surface area contributed by atoms with Gasteiger partial charge in [-0.05, 0) is 53.9 Å². The van der Waals surface area contributed by atoms with E-state index in [0.717, 1.165) is 44.3 Å². The lowest BCUT2D eigenvalue weighted by molar-refractivity contribution is 0.619. The molecule has 39 heavy (non-hydrogen) atoms. The van der Waals surface area contributed by atoms with Gasteiger partial charge in [0.25, 0.3) is 0 Å². The number of hydrogen-bond donors (Lipinski definition) is 0. The molecule has 4 heteroatoms. The summed E-state index contributed by atoms with van der Waals surface area (Å²) in [7, 11) is 0. The first-order valence-electron chi connectivity index (χ1n) is 13.1. The highest BCUT2D eigenvalue weighted by Crippen LogP contribution is 2.41. The van der Waals surface area contributed by atoms with Crippen LogP contribution in [0, 0.1) is 0 Å². The molecule has 0 aliphatic carbocycles. The number of furan rings is 1. The predicted molar refractivity (Wildman–Crippen MR) is 159 cm³/mol. The average molecular weight is 501 g/mol. The Morgan fingerprint density at radius 2 is 1.33 bits per heavy atom. The van der Waals surface area contributed by atoms with Crippen molar-refractivity contribution in [3.63, 3.8) is 0 Å². The van der Waals surface area contributed by atoms with Crippen LogP contribution in [0.2, 0.25) is 0 Å². The highest BCUT2D eigenvalue weighted by Gasteiger charge is 2.20. The summed E-state index contributed by atoms with van der Waals surface area (Å²) in [6.45, 7) is 0. The maximum Gasteiger partial charge on any atom is 0.227 e. The molecule has 0 aliphatic rings. The fourth-order valence-corrected chi connectivity index (χ4v) is 6.10. The van der Waals surface area contributed by atoms with Crippen molar-refractivity contribution in [2.24, 2.45) is 0 Å². The van der Waals surface area contributed by atoms with Gasteiger partial charge in [0.1, 0.15) is 16.7 Å². The molecule has 0 unspecified atom stereocenters. The molecule has 0 atom stereocenters. The highest BCUT2D eigenvalue weighted by molar-refractivity contribution is 6.20. The van der Waals surface area contributed by atoms with Crippen molar-refractivity contribution in [2.75, 3.05) is 0 Å². The molecule has 0 fully saturated rings. The molecule has 0 radical (unpaired) electrons. The van der Waals surface area contributed by atoms with Crippen LogP contribution in [-0.2, 0) is 0 Å². The van der Waals surface area contributed by atoms with Gasteiger partial charge < -0.3 is 13.4 Å². The zero-order chi connectivity index (χ0) is 25.5. The van der Waals surface area contributed by atoms with Gasteiger partial charge in [-0.3, -0.25) is 0 Å². The first-order chi connectivity index (χ1) is 19.3. The average Bonchev–Trinajstić information content (AvgIpc) is 3.68. The van der Waals surface area contributed by atoms with E-state index in [0.29, 0.717) is 5.89 Å². The molecule has 9 rings (SSSR count). The van der Waals surface area contributed by atoms with Crippen LogP contribution in [0.5, 0.6) is 0 Å². The third-order valence-electron chi connectivity index (χ3n) is 7.82. The van der Waals surface area contributed by atoms with Gasteiger partial charge >= 0.3 is 0 Å². The predicted octanol–water partition coefficient (Wildman–Crippen LogP) is 9.64. The second-order valence-electron chi connectivity index (χ2n) is 9.99. The second-order valence-corrected chi connectivity index (χ2v) is 9.99. The minimum Gasteiger partial charge on any atom is -0.456 e. The van der Waals surface area contributed by atoms with E-state index in [1.165, 1.54) is 32.6 Å². The topological polar surface area (TPSA) is 44.1 Å². The van der Waals surface area contributed by atoms with E-state index in [4.69, 9.17) is 8.83 Å². The molecule has 3 aromatic heterocycles. The molecular weight excluding hydrogens is 480 g/mol. The van der Waals surface area contributed by atoms with Crippen LogP contribution < -0.4 is 0 Å². The van der Waals surface area contributed by atoms with Gasteiger partial charge in [-0.25, -0.2) is 4.98 Å². The monoisotopic (exact) mass is 500 g/mol. The van der Waals surface area contributed by atoms with E-state index in [9.17, 15) is 0 Å². The molecule has 0 N–H and O–H groups in total. The summed E-state index contributed by atoms with van der Waals surface area (Å²) in [5, 5.41) is 7.09. The molecule has 6 aromatic carbocycles. The molecule has 182 valence electrons. The van der Waals surface area contributed by atoms with Gasteiger partial charge in [-0.15, -0.1) is 0 Å². The summed E-state index contributed by atoms with van der Waals surface area (Å²) >= 11 is 0. The number of benzene rings is 6. The van der Waals surface area contributed by atoms with Gasteiger partial charge in [0.2, 0.25) is 5.89 Å². The number of para-hydroxylation sites is 3. The van der Waals surface area contributed by atoms with Crippen LogP contribution in [0.4, 0.5) is 0 Å². The molecule has 9 aromatic rings. The Balaban J connectivity index is 1.36. The van der Waals surface area contributed by atoms with Crippen molar-refractivity contribution in [1.29, 1.82) is 0 Å². The SMILES string of the molecule is c1ccc2c(c1)ccc1c3ccccc3n(-c3cccc4oc5cc(-c6nc7ccccc7o6)ccc5c34)c21. The van der Waals surface area contributed by atoms with Gasteiger partial charge in [-0.1, -0.05) is 72.8 Å². The molecule has 3 heterocycles. The van der Waals surface area contributed by atoms with Crippen LogP contribution in [0.25, 0.3) is 82.8 Å². The number of nitrogens with zero attached hydrogens (tertiary/aromatic N) is 2. The Kier molecular flexibility index (Phi) is 4.02. The zero-order valence-corrected chi connectivity index (χ0v) is 20.8. The standard InChI is InChI=1S/C35H20N2O2/c1-2-9-23-21(8-1)16-18-25-24-10-3-5-12-28(24)37(34(23)25)29-13-7-15-31-33(29)26-19-17-22(20-32(26)38-31)35-36-27-11-4-6-14-30(27)39-35/h1-20H. The third kappa shape index (κ3) is 2.85. The zero-order valence-electron chi connectivity index (χ0n) is 20.8. The first kappa shape index (κ1) is 20.7. The summed E-state index contributed by atoms with van der Waals surface area (Å²) in [6, 6.07) is 42.1. The molecular formula is C35H20N2O2. The second kappa shape index (κ2) is 7.59. The third-order valence-corrected chi connectivity index (χ3v) is 7.82. The number of oxazole rings is 1. The van der Waals surface area contributed by atoms with Crippen molar-refractivity contribution < 1.29 is 8.83 Å². The summed E-state index contributed by atoms with van der Waals surface area (Å²) in [6.07, 6.45) is 0. The molecule has 0 aliphatic heterocycles. The molecule has 0 saturated carbocycles. The molecule has 4 nitrogen and oxygen atoms in total. The smallest absolute Gasteiger partial charge is 0.227 e. The lowest BCUT2D eigenvalue weighted by atomic mass is 10.1. The summed E-state index contributed by atoms with van der Waals surface area (Å²) in [5.41, 5.74) is 7.65. The van der Waals surface area contributed by atoms with Gasteiger partial charge in [0, 0.05) is 27.1 Å². The summed E-state index contributed by atoms with van der Waals surface area (Å²) < 4.78 is 14.9. The van der Waals surface area contributed by atoms with Gasteiger partial charge in [0.15, 0.2) is 5.58 Å². The van der Waals surface area contributed by atoms with Gasteiger partial charge in [-0.2, -0.15) is 0 Å². The fourth-order valence-electron chi connectivity index (χ4n) is 6.10. The van der Waals surface area contributed by atoms with Crippen molar-refractivity contribution in [2.45, 2.75) is 0 Å². The lowest BCUT2D eigenvalue weighted by Crippen LogP contribution is -1.95. The Bertz CT molecular complexity index is 2370. The van der Waals surface area contributed by atoms with Crippen molar-refractivity contribution in [3.05, 3.63) is 121 Å². The van der Waals surface area contributed by atoms with Crippen molar-refractivity contribution in [1.82, 2.24) is 9.55 Å². The number of hydrogen-bond acceptors (Lipinski definition) is 3. The summed E-state index contributed by atoms with van der Waals surface area (Å²) in [5.74, 6) is 0.590. The van der Waals surface area contributed by atoms with Crippen LogP contribution >= 0.6 is 0 Å². The van der Waals surface area contributed by atoms with Crippen LogP contribution in [-0.4, -0.2) is 9.55 Å². The maximum atomic E-state index is 6.46. The van der Waals surface area contributed by atoms with E-state index < -0.39 is 0 Å². The van der Waals surface area contributed by atoms with E-state index in [2.05, 4.69) is 94.5 Å². The van der Waals surface area contributed by atoms with E-state index in [-0.39, 0.29) is 0 Å². The van der Waals surface area contributed by atoms with E-state index in [1.807, 2.05) is 36.4 Å². The minimum atomic E-state index is 0.590. The Labute approximate surface area is 222 Å². The minimum absolute atomic E-state index is 0.590. The molecule has 0 saturated heterocycles. The van der Waals surface area contributed by atoms with Crippen LogP contribution in [0.15, 0.2) is 130 Å². The quantitative estimate of drug-likeness (QED) is 0.237. The van der Waals surface area contributed by atoms with Crippen LogP contribution in [0.3, 0.4) is 0 Å². The van der Waals surface area contributed by atoms with Gasteiger partial charge in [0.05, 0.1) is 22.1 Å². The van der Waals surface area contributed by atoms with Crippen molar-refractivity contribution in [3.8, 4) is 17.1 Å². The Hall–Kier alpha value is -5.35. The number of rotatable bonds is 2. The number of aromatic nitrogens is 2. The molecule has 0 amide bonds. The van der Waals surface area contributed by atoms with E-state index >= 15 is 0 Å². The normalized spacial score (nSPS) is 12.1. The summed E-state index contributed by atoms with van der Waals surface area (Å²) in [4.78, 5) is 4.69. The fraction of sp³-hybridized carbons (Fsp3) is 0.